The molecule has 3 aromatic carbocycles. The fourth-order valence-electron chi connectivity index (χ4n) is 4.43. The van der Waals surface area contributed by atoms with Crippen molar-refractivity contribution < 1.29 is 14.3 Å². The van der Waals surface area contributed by atoms with E-state index in [4.69, 9.17) is 4.74 Å². The Hall–Kier alpha value is -3.40. The zero-order valence-electron chi connectivity index (χ0n) is 16.1. The van der Waals surface area contributed by atoms with Crippen molar-refractivity contribution >= 4 is 28.3 Å². The minimum atomic E-state index is -0.249. The molecule has 1 saturated heterocycles. The van der Waals surface area contributed by atoms with Crippen LogP contribution in [0, 0.1) is 17.8 Å². The maximum absolute atomic E-state index is 12.9. The minimum absolute atomic E-state index is 0.0886. The highest BCUT2D eigenvalue weighted by Crippen LogP contribution is 2.40. The van der Waals surface area contributed by atoms with Gasteiger partial charge in [-0.15, -0.1) is 0 Å². The van der Waals surface area contributed by atoms with Gasteiger partial charge in [0.05, 0.1) is 17.5 Å². The van der Waals surface area contributed by atoms with Crippen LogP contribution in [0.15, 0.2) is 78.9 Å². The number of nitrogens with zero attached hydrogens (tertiary/aromatic N) is 1. The van der Waals surface area contributed by atoms with E-state index in [1.807, 2.05) is 55.5 Å². The molecule has 29 heavy (non-hydrogen) atoms. The van der Waals surface area contributed by atoms with Crippen LogP contribution in [-0.4, -0.2) is 11.8 Å². The smallest absolute Gasteiger partial charge is 0.238 e. The number of anilines is 1. The molecule has 0 bridgehead atoms. The lowest BCUT2D eigenvalue weighted by Gasteiger charge is -2.22. The number of amides is 2. The molecule has 144 valence electrons. The Morgan fingerprint density at radius 2 is 1.59 bits per heavy atom. The standard InChI is InChI=1S/C25H21NO3/c1-16-5-4-8-22-23(16)25(28)26(24(22)27)19-10-13-20(14-11-19)29-21-12-9-17-6-2-3-7-18(17)15-21/h2-7,9-16,22-23H,8H2,1H3/t16-,22+,23+/m1/s1. The number of ether oxygens (including phenoxy) is 1. The third-order valence-corrected chi connectivity index (χ3v) is 5.92. The Morgan fingerprint density at radius 1 is 0.862 bits per heavy atom. The Balaban J connectivity index is 1.37. The van der Waals surface area contributed by atoms with Crippen LogP contribution in [0.4, 0.5) is 5.69 Å². The molecule has 1 aliphatic carbocycles. The third-order valence-electron chi connectivity index (χ3n) is 5.92. The van der Waals surface area contributed by atoms with Gasteiger partial charge in [-0.3, -0.25) is 14.5 Å². The average molecular weight is 383 g/mol. The number of carbonyl (C=O) groups excluding carboxylic acids is 2. The molecule has 5 rings (SSSR count). The molecular weight excluding hydrogens is 362 g/mol. The van der Waals surface area contributed by atoms with Gasteiger partial charge in [-0.1, -0.05) is 49.4 Å². The van der Waals surface area contributed by atoms with Crippen LogP contribution < -0.4 is 9.64 Å². The molecule has 2 aliphatic rings. The quantitative estimate of drug-likeness (QED) is 0.453. The van der Waals surface area contributed by atoms with E-state index in [1.54, 1.807) is 24.3 Å². The topological polar surface area (TPSA) is 46.6 Å². The number of imide groups is 1. The van der Waals surface area contributed by atoms with Gasteiger partial charge < -0.3 is 4.74 Å². The molecule has 0 saturated carbocycles. The van der Waals surface area contributed by atoms with Gasteiger partial charge >= 0.3 is 0 Å². The fourth-order valence-corrected chi connectivity index (χ4v) is 4.43. The lowest BCUT2D eigenvalue weighted by Crippen LogP contribution is -2.31. The Bertz CT molecular complexity index is 1130. The number of hydrogen-bond donors (Lipinski definition) is 0. The first-order chi connectivity index (χ1) is 14.1. The summed E-state index contributed by atoms with van der Waals surface area (Å²) >= 11 is 0. The van der Waals surface area contributed by atoms with E-state index in [1.165, 1.54) is 4.90 Å². The van der Waals surface area contributed by atoms with E-state index in [9.17, 15) is 9.59 Å². The zero-order chi connectivity index (χ0) is 20.0. The average Bonchev–Trinajstić information content (AvgIpc) is 3.00. The van der Waals surface area contributed by atoms with Gasteiger partial charge in [-0.2, -0.15) is 0 Å². The van der Waals surface area contributed by atoms with Crippen molar-refractivity contribution in [3.63, 3.8) is 0 Å². The number of allylic oxidation sites excluding steroid dienone is 2. The van der Waals surface area contributed by atoms with Crippen molar-refractivity contribution in [3.8, 4) is 11.5 Å². The summed E-state index contributed by atoms with van der Waals surface area (Å²) in [7, 11) is 0. The van der Waals surface area contributed by atoms with Crippen molar-refractivity contribution in [2.75, 3.05) is 4.90 Å². The maximum atomic E-state index is 12.9. The van der Waals surface area contributed by atoms with Crippen molar-refractivity contribution in [3.05, 3.63) is 78.9 Å². The number of benzene rings is 3. The predicted octanol–water partition coefficient (Wildman–Crippen LogP) is 5.33. The molecule has 1 heterocycles. The highest BCUT2D eigenvalue weighted by atomic mass is 16.5. The molecule has 1 fully saturated rings. The van der Waals surface area contributed by atoms with E-state index < -0.39 is 0 Å². The monoisotopic (exact) mass is 383 g/mol. The summed E-state index contributed by atoms with van der Waals surface area (Å²) in [5, 5.41) is 2.27. The molecule has 0 spiro atoms. The van der Waals surface area contributed by atoms with Crippen LogP contribution in [0.5, 0.6) is 11.5 Å². The largest absolute Gasteiger partial charge is 0.457 e. The molecule has 0 aromatic heterocycles. The molecule has 3 atom stereocenters. The fraction of sp³-hybridized carbons (Fsp3) is 0.200. The summed E-state index contributed by atoms with van der Waals surface area (Å²) in [4.78, 5) is 27.1. The second-order valence-corrected chi connectivity index (χ2v) is 7.77. The van der Waals surface area contributed by atoms with Crippen LogP contribution in [-0.2, 0) is 9.59 Å². The molecule has 4 nitrogen and oxygen atoms in total. The van der Waals surface area contributed by atoms with Crippen LogP contribution in [0.3, 0.4) is 0 Å². The molecule has 0 radical (unpaired) electrons. The molecule has 1 aliphatic heterocycles. The number of fused-ring (bicyclic) bond motifs is 2. The number of hydrogen-bond acceptors (Lipinski definition) is 3. The van der Waals surface area contributed by atoms with Crippen LogP contribution >= 0.6 is 0 Å². The molecule has 3 aromatic rings. The molecule has 4 heteroatoms. The second-order valence-electron chi connectivity index (χ2n) is 7.77. The number of carbonyl (C=O) groups is 2. The van der Waals surface area contributed by atoms with Crippen molar-refractivity contribution in [2.45, 2.75) is 13.3 Å². The highest BCUT2D eigenvalue weighted by Gasteiger charge is 2.50. The first-order valence-electron chi connectivity index (χ1n) is 9.93. The summed E-state index contributed by atoms with van der Waals surface area (Å²) in [6, 6.07) is 21.2. The van der Waals surface area contributed by atoms with Gasteiger partial charge in [-0.25, -0.2) is 0 Å². The Kier molecular flexibility index (Phi) is 4.20. The van der Waals surface area contributed by atoms with Crippen molar-refractivity contribution in [1.29, 1.82) is 0 Å². The Labute approximate surface area is 169 Å². The van der Waals surface area contributed by atoms with E-state index in [0.29, 0.717) is 17.9 Å². The van der Waals surface area contributed by atoms with Gasteiger partial charge in [0.1, 0.15) is 11.5 Å². The third kappa shape index (κ3) is 3.01. The maximum Gasteiger partial charge on any atom is 0.238 e. The van der Waals surface area contributed by atoms with Gasteiger partial charge in [0, 0.05) is 0 Å². The van der Waals surface area contributed by atoms with Gasteiger partial charge in [0.15, 0.2) is 0 Å². The first-order valence-corrected chi connectivity index (χ1v) is 9.93. The van der Waals surface area contributed by atoms with Gasteiger partial charge in [0.25, 0.3) is 0 Å². The molecule has 0 unspecified atom stereocenters. The first kappa shape index (κ1) is 17.7. The predicted molar refractivity (Wildman–Crippen MR) is 113 cm³/mol. The summed E-state index contributed by atoms with van der Waals surface area (Å²) < 4.78 is 5.97. The van der Waals surface area contributed by atoms with Crippen LogP contribution in [0.25, 0.3) is 10.8 Å². The Morgan fingerprint density at radius 3 is 2.34 bits per heavy atom. The zero-order valence-corrected chi connectivity index (χ0v) is 16.1. The van der Waals surface area contributed by atoms with E-state index >= 15 is 0 Å². The summed E-state index contributed by atoms with van der Waals surface area (Å²) in [5.41, 5.74) is 0.604. The van der Waals surface area contributed by atoms with E-state index in [0.717, 1.165) is 16.5 Å². The number of rotatable bonds is 3. The lowest BCUT2D eigenvalue weighted by atomic mass is 9.78. The molecule has 0 N–H and O–H groups in total. The summed E-state index contributed by atoms with van der Waals surface area (Å²) in [6.07, 6.45) is 4.69. The van der Waals surface area contributed by atoms with Crippen molar-refractivity contribution in [1.82, 2.24) is 0 Å². The summed E-state index contributed by atoms with van der Waals surface area (Å²) in [5.74, 6) is 0.813. The van der Waals surface area contributed by atoms with Crippen LogP contribution in [0.1, 0.15) is 13.3 Å². The lowest BCUT2D eigenvalue weighted by molar-refractivity contribution is -0.122. The SMILES string of the molecule is C[C@@H]1C=CC[C@@H]2C(=O)N(c3ccc(Oc4ccc5ccccc5c4)cc3)C(=O)[C@@H]12. The molecule has 2 amide bonds. The van der Waals surface area contributed by atoms with E-state index in [2.05, 4.69) is 6.07 Å². The van der Waals surface area contributed by atoms with Crippen LogP contribution in [0.2, 0.25) is 0 Å². The normalized spacial score (nSPS) is 23.5. The van der Waals surface area contributed by atoms with Gasteiger partial charge in [0.2, 0.25) is 11.8 Å². The van der Waals surface area contributed by atoms with E-state index in [-0.39, 0.29) is 29.6 Å². The van der Waals surface area contributed by atoms with Gasteiger partial charge in [-0.05, 0) is 59.5 Å². The van der Waals surface area contributed by atoms with Crippen molar-refractivity contribution in [2.24, 2.45) is 17.8 Å². The highest BCUT2D eigenvalue weighted by molar-refractivity contribution is 6.22. The molecular formula is C25H21NO3. The second kappa shape index (κ2) is 6.89. The summed E-state index contributed by atoms with van der Waals surface area (Å²) in [6.45, 7) is 2.00. The minimum Gasteiger partial charge on any atom is -0.457 e.